The molecule has 1 aromatic heterocycles. The van der Waals surface area contributed by atoms with Crippen LogP contribution < -0.4 is 0 Å². The lowest BCUT2D eigenvalue weighted by Gasteiger charge is -2.17. The summed E-state index contributed by atoms with van der Waals surface area (Å²) in [5.41, 5.74) is 1.83. The Kier molecular flexibility index (Phi) is 3.73. The molecule has 0 aliphatic carbocycles. The maximum Gasteiger partial charge on any atom is 0.0521 e. The predicted octanol–water partition coefficient (Wildman–Crippen LogP) is 3.27. The summed E-state index contributed by atoms with van der Waals surface area (Å²) in [6.07, 6.45) is 7.86. The van der Waals surface area contributed by atoms with Gasteiger partial charge in [-0.1, -0.05) is 20.8 Å². The fraction of sp³-hybridized carbons (Fsp3) is 0.750. The van der Waals surface area contributed by atoms with Crippen LogP contribution in [0.2, 0.25) is 0 Å². The Morgan fingerprint density at radius 1 is 1.36 bits per heavy atom. The maximum atomic E-state index is 4.27. The lowest BCUT2D eigenvalue weighted by Crippen LogP contribution is -2.04. The maximum absolute atomic E-state index is 4.27. The van der Waals surface area contributed by atoms with Crippen LogP contribution in [-0.2, 0) is 13.0 Å². The second kappa shape index (κ2) is 4.63. The quantitative estimate of drug-likeness (QED) is 0.719. The van der Waals surface area contributed by atoms with Crippen molar-refractivity contribution in [1.82, 2.24) is 9.78 Å². The standard InChI is InChI=1S/C12H22N2/c1-5-14-10-11(9-13-14)7-6-8-12(2,3)4/h9-10H,5-8H2,1-4H3. The molecule has 2 heteroatoms. The Hall–Kier alpha value is -0.790. The summed E-state index contributed by atoms with van der Waals surface area (Å²) in [7, 11) is 0. The number of rotatable bonds is 4. The van der Waals surface area contributed by atoms with Gasteiger partial charge in [0.15, 0.2) is 0 Å². The summed E-state index contributed by atoms with van der Waals surface area (Å²) < 4.78 is 1.99. The van der Waals surface area contributed by atoms with Crippen molar-refractivity contribution in [3.63, 3.8) is 0 Å². The summed E-state index contributed by atoms with van der Waals surface area (Å²) in [6, 6.07) is 0. The third kappa shape index (κ3) is 3.95. The van der Waals surface area contributed by atoms with Crippen molar-refractivity contribution in [2.75, 3.05) is 0 Å². The topological polar surface area (TPSA) is 17.8 Å². The van der Waals surface area contributed by atoms with Gasteiger partial charge in [0, 0.05) is 12.7 Å². The average Bonchev–Trinajstić information content (AvgIpc) is 2.50. The van der Waals surface area contributed by atoms with Crippen LogP contribution in [0, 0.1) is 5.41 Å². The first kappa shape index (κ1) is 11.3. The normalized spacial score (nSPS) is 12.0. The van der Waals surface area contributed by atoms with Crippen LogP contribution in [0.15, 0.2) is 12.4 Å². The molecule has 1 rings (SSSR count). The van der Waals surface area contributed by atoms with E-state index in [-0.39, 0.29) is 0 Å². The Morgan fingerprint density at radius 2 is 2.07 bits per heavy atom. The minimum absolute atomic E-state index is 0.459. The van der Waals surface area contributed by atoms with E-state index in [9.17, 15) is 0 Å². The van der Waals surface area contributed by atoms with Crippen LogP contribution in [0.5, 0.6) is 0 Å². The summed E-state index contributed by atoms with van der Waals surface area (Å²) >= 11 is 0. The van der Waals surface area contributed by atoms with Crippen molar-refractivity contribution in [2.24, 2.45) is 5.41 Å². The van der Waals surface area contributed by atoms with Gasteiger partial charge in [0.25, 0.3) is 0 Å². The molecule has 0 N–H and O–H groups in total. The molecule has 0 spiro atoms. The minimum atomic E-state index is 0.459. The van der Waals surface area contributed by atoms with Crippen LogP contribution in [-0.4, -0.2) is 9.78 Å². The van der Waals surface area contributed by atoms with E-state index in [1.807, 2.05) is 10.9 Å². The molecule has 0 aromatic carbocycles. The first-order chi connectivity index (χ1) is 6.51. The Morgan fingerprint density at radius 3 is 2.57 bits per heavy atom. The van der Waals surface area contributed by atoms with Crippen LogP contribution in [0.4, 0.5) is 0 Å². The largest absolute Gasteiger partial charge is 0.273 e. The van der Waals surface area contributed by atoms with E-state index in [2.05, 4.69) is 39.0 Å². The highest BCUT2D eigenvalue weighted by atomic mass is 15.3. The number of hydrogen-bond acceptors (Lipinski definition) is 1. The molecule has 0 saturated heterocycles. The van der Waals surface area contributed by atoms with Gasteiger partial charge in [-0.05, 0) is 37.2 Å². The zero-order chi connectivity index (χ0) is 10.6. The highest BCUT2D eigenvalue weighted by Crippen LogP contribution is 2.21. The van der Waals surface area contributed by atoms with E-state index >= 15 is 0 Å². The van der Waals surface area contributed by atoms with Gasteiger partial charge in [0.2, 0.25) is 0 Å². The monoisotopic (exact) mass is 194 g/mol. The molecule has 14 heavy (non-hydrogen) atoms. The van der Waals surface area contributed by atoms with E-state index in [1.165, 1.54) is 18.4 Å². The zero-order valence-corrected chi connectivity index (χ0v) is 9.88. The zero-order valence-electron chi connectivity index (χ0n) is 9.88. The van der Waals surface area contributed by atoms with E-state index in [0.717, 1.165) is 13.0 Å². The molecule has 1 aromatic rings. The fourth-order valence-electron chi connectivity index (χ4n) is 1.53. The first-order valence-electron chi connectivity index (χ1n) is 5.52. The van der Waals surface area contributed by atoms with Crippen molar-refractivity contribution in [3.05, 3.63) is 18.0 Å². The Labute approximate surface area is 87.3 Å². The molecule has 0 unspecified atom stereocenters. The highest BCUT2D eigenvalue weighted by molar-refractivity contribution is 5.03. The summed E-state index contributed by atoms with van der Waals surface area (Å²) in [6.45, 7) is 9.97. The highest BCUT2D eigenvalue weighted by Gasteiger charge is 2.09. The van der Waals surface area contributed by atoms with Crippen LogP contribution in [0.1, 0.15) is 46.1 Å². The van der Waals surface area contributed by atoms with Gasteiger partial charge >= 0.3 is 0 Å². The first-order valence-corrected chi connectivity index (χ1v) is 5.52. The van der Waals surface area contributed by atoms with Crippen molar-refractivity contribution in [2.45, 2.75) is 53.5 Å². The van der Waals surface area contributed by atoms with Crippen molar-refractivity contribution >= 4 is 0 Å². The molecule has 0 bridgehead atoms. The molecule has 2 nitrogen and oxygen atoms in total. The molecule has 0 aliphatic rings. The Bertz CT molecular complexity index is 268. The molecule has 0 atom stereocenters. The average molecular weight is 194 g/mol. The third-order valence-electron chi connectivity index (χ3n) is 2.40. The van der Waals surface area contributed by atoms with E-state index in [1.54, 1.807) is 0 Å². The smallest absolute Gasteiger partial charge is 0.0521 e. The van der Waals surface area contributed by atoms with Gasteiger partial charge in [-0.15, -0.1) is 0 Å². The number of aryl methyl sites for hydroxylation is 2. The Balaban J connectivity index is 2.31. The van der Waals surface area contributed by atoms with Gasteiger partial charge in [-0.25, -0.2) is 0 Å². The summed E-state index contributed by atoms with van der Waals surface area (Å²) in [4.78, 5) is 0. The van der Waals surface area contributed by atoms with Crippen molar-refractivity contribution in [1.29, 1.82) is 0 Å². The third-order valence-corrected chi connectivity index (χ3v) is 2.40. The van der Waals surface area contributed by atoms with E-state index < -0.39 is 0 Å². The number of hydrogen-bond donors (Lipinski definition) is 0. The van der Waals surface area contributed by atoms with E-state index in [4.69, 9.17) is 0 Å². The van der Waals surface area contributed by atoms with Crippen LogP contribution in [0.25, 0.3) is 0 Å². The molecule has 1 heterocycles. The second-order valence-corrected chi connectivity index (χ2v) is 5.12. The lowest BCUT2D eigenvalue weighted by molar-refractivity contribution is 0.365. The number of aromatic nitrogens is 2. The van der Waals surface area contributed by atoms with Gasteiger partial charge in [0.05, 0.1) is 6.20 Å². The molecule has 0 saturated carbocycles. The molecule has 0 radical (unpaired) electrons. The van der Waals surface area contributed by atoms with Crippen LogP contribution in [0.3, 0.4) is 0 Å². The molecular formula is C12H22N2. The van der Waals surface area contributed by atoms with Crippen molar-refractivity contribution in [3.8, 4) is 0 Å². The predicted molar refractivity (Wildman–Crippen MR) is 60.3 cm³/mol. The van der Waals surface area contributed by atoms with E-state index in [0.29, 0.717) is 5.41 Å². The lowest BCUT2D eigenvalue weighted by atomic mass is 9.89. The summed E-state index contributed by atoms with van der Waals surface area (Å²) in [5.74, 6) is 0. The van der Waals surface area contributed by atoms with Crippen molar-refractivity contribution < 1.29 is 0 Å². The fourth-order valence-corrected chi connectivity index (χ4v) is 1.53. The van der Waals surface area contributed by atoms with Gasteiger partial charge in [-0.3, -0.25) is 4.68 Å². The molecule has 0 amide bonds. The molecule has 80 valence electrons. The minimum Gasteiger partial charge on any atom is -0.273 e. The van der Waals surface area contributed by atoms with Gasteiger partial charge in [0.1, 0.15) is 0 Å². The molecular weight excluding hydrogens is 172 g/mol. The summed E-state index contributed by atoms with van der Waals surface area (Å²) in [5, 5.41) is 4.27. The van der Waals surface area contributed by atoms with Gasteiger partial charge < -0.3 is 0 Å². The molecule has 0 fully saturated rings. The second-order valence-electron chi connectivity index (χ2n) is 5.12. The molecule has 0 aliphatic heterocycles. The van der Waals surface area contributed by atoms with Crippen LogP contribution >= 0.6 is 0 Å². The SMILES string of the molecule is CCn1cc(CCCC(C)(C)C)cn1. The number of nitrogens with zero attached hydrogens (tertiary/aromatic N) is 2. The van der Waals surface area contributed by atoms with Gasteiger partial charge in [-0.2, -0.15) is 5.10 Å².